The monoisotopic (exact) mass is 266 g/mol. The molecule has 0 bridgehead atoms. The molecule has 1 fully saturated rings. The number of carbonyl (C=O) groups excluding carboxylic acids is 1. The van der Waals surface area contributed by atoms with Gasteiger partial charge in [-0.2, -0.15) is 12.6 Å². The molecule has 1 aliphatic heterocycles. The maximum Gasteiger partial charge on any atom is 0.335 e. The fraction of sp³-hybridized carbons (Fsp3) is 0.333. The van der Waals surface area contributed by atoms with Gasteiger partial charge < -0.3 is 15.7 Å². The van der Waals surface area contributed by atoms with E-state index in [1.807, 2.05) is 0 Å². The van der Waals surface area contributed by atoms with Gasteiger partial charge in [-0.05, 0) is 24.6 Å². The van der Waals surface area contributed by atoms with E-state index in [1.165, 1.54) is 12.1 Å². The summed E-state index contributed by atoms with van der Waals surface area (Å²) in [5.74, 6) is -1.17. The first-order valence-corrected chi connectivity index (χ1v) is 6.13. The van der Waals surface area contributed by atoms with Gasteiger partial charge in [0.25, 0.3) is 0 Å². The highest BCUT2D eigenvalue weighted by Crippen LogP contribution is 2.15. The number of anilines is 1. The Hall–Kier alpha value is -1.53. The van der Waals surface area contributed by atoms with Gasteiger partial charge in [-0.3, -0.25) is 4.79 Å². The van der Waals surface area contributed by atoms with Crippen molar-refractivity contribution < 1.29 is 14.7 Å². The van der Waals surface area contributed by atoms with Crippen molar-refractivity contribution in [2.45, 2.75) is 17.7 Å². The number of amides is 1. The Bertz CT molecular complexity index is 478. The Morgan fingerprint density at radius 3 is 2.83 bits per heavy atom. The first-order chi connectivity index (χ1) is 8.56. The van der Waals surface area contributed by atoms with Crippen molar-refractivity contribution in [3.63, 3.8) is 0 Å². The highest BCUT2D eigenvalue weighted by Gasteiger charge is 2.27. The summed E-state index contributed by atoms with van der Waals surface area (Å²) in [6.45, 7) is 0.705. The third kappa shape index (κ3) is 3.02. The molecule has 0 aromatic heterocycles. The molecular weight excluding hydrogens is 252 g/mol. The summed E-state index contributed by atoms with van der Waals surface area (Å²) in [4.78, 5) is 22.7. The van der Waals surface area contributed by atoms with Gasteiger partial charge >= 0.3 is 5.97 Å². The lowest BCUT2D eigenvalue weighted by molar-refractivity contribution is -0.117. The largest absolute Gasteiger partial charge is 0.478 e. The van der Waals surface area contributed by atoms with E-state index < -0.39 is 5.97 Å². The van der Waals surface area contributed by atoms with Gasteiger partial charge in [-0.25, -0.2) is 4.79 Å². The maximum atomic E-state index is 11.9. The molecule has 5 nitrogen and oxygen atoms in total. The number of carboxylic acids is 1. The van der Waals surface area contributed by atoms with Gasteiger partial charge in [0, 0.05) is 17.5 Å². The minimum atomic E-state index is -1.01. The van der Waals surface area contributed by atoms with Crippen LogP contribution in [0.3, 0.4) is 0 Å². The SMILES string of the molecule is O=C(O)c1cccc(NC(=O)[C@@H]2C[C@H](S)CN2)c1. The van der Waals surface area contributed by atoms with Crippen molar-refractivity contribution >= 4 is 30.2 Å². The zero-order chi connectivity index (χ0) is 13.1. The number of carbonyl (C=O) groups is 2. The molecule has 1 heterocycles. The summed E-state index contributed by atoms with van der Waals surface area (Å²) < 4.78 is 0. The zero-order valence-corrected chi connectivity index (χ0v) is 10.5. The van der Waals surface area contributed by atoms with Crippen molar-refractivity contribution in [1.82, 2.24) is 5.32 Å². The Balaban J connectivity index is 2.03. The lowest BCUT2D eigenvalue weighted by atomic mass is 10.2. The quantitative estimate of drug-likeness (QED) is 0.615. The molecular formula is C12H14N2O3S. The Morgan fingerprint density at radius 2 is 2.22 bits per heavy atom. The van der Waals surface area contributed by atoms with Crippen LogP contribution in [0.1, 0.15) is 16.8 Å². The second-order valence-electron chi connectivity index (χ2n) is 4.23. The van der Waals surface area contributed by atoms with E-state index in [4.69, 9.17) is 5.11 Å². The molecule has 1 aromatic rings. The average molecular weight is 266 g/mol. The van der Waals surface area contributed by atoms with E-state index >= 15 is 0 Å². The molecule has 18 heavy (non-hydrogen) atoms. The lowest BCUT2D eigenvalue weighted by Gasteiger charge is -2.11. The van der Waals surface area contributed by atoms with Crippen LogP contribution in [0, 0.1) is 0 Å². The second kappa shape index (κ2) is 5.41. The predicted octanol–water partition coefficient (Wildman–Crippen LogP) is 0.984. The number of nitrogens with one attached hydrogen (secondary N) is 2. The van der Waals surface area contributed by atoms with Crippen molar-refractivity contribution in [3.05, 3.63) is 29.8 Å². The van der Waals surface area contributed by atoms with E-state index in [-0.39, 0.29) is 22.8 Å². The summed E-state index contributed by atoms with van der Waals surface area (Å²) in [5, 5.41) is 14.8. The van der Waals surface area contributed by atoms with Crippen LogP contribution in [-0.2, 0) is 4.79 Å². The number of hydrogen-bond donors (Lipinski definition) is 4. The number of hydrogen-bond acceptors (Lipinski definition) is 4. The van der Waals surface area contributed by atoms with Crippen LogP contribution in [0.25, 0.3) is 0 Å². The summed E-state index contributed by atoms with van der Waals surface area (Å²) in [6, 6.07) is 5.92. The Morgan fingerprint density at radius 1 is 1.44 bits per heavy atom. The number of benzene rings is 1. The standard InChI is InChI=1S/C12H14N2O3S/c15-11(10-5-9(18)6-13-10)14-8-3-1-2-7(4-8)12(16)17/h1-4,9-10,13,18H,5-6H2,(H,14,15)(H,16,17)/t9-,10-/m0/s1. The number of carboxylic acid groups (broad SMARTS) is 1. The van der Waals surface area contributed by atoms with Crippen molar-refractivity contribution in [2.75, 3.05) is 11.9 Å². The van der Waals surface area contributed by atoms with Gasteiger partial charge in [-0.15, -0.1) is 0 Å². The molecule has 2 atom stereocenters. The molecule has 1 aromatic carbocycles. The van der Waals surface area contributed by atoms with Crippen molar-refractivity contribution in [3.8, 4) is 0 Å². The van der Waals surface area contributed by atoms with E-state index in [1.54, 1.807) is 12.1 Å². The first kappa shape index (κ1) is 12.9. The summed E-state index contributed by atoms with van der Waals surface area (Å²) >= 11 is 4.30. The fourth-order valence-electron chi connectivity index (χ4n) is 1.88. The van der Waals surface area contributed by atoms with Crippen LogP contribution in [0.4, 0.5) is 5.69 Å². The van der Waals surface area contributed by atoms with E-state index in [0.29, 0.717) is 18.7 Å². The molecule has 6 heteroatoms. The van der Waals surface area contributed by atoms with Crippen LogP contribution >= 0.6 is 12.6 Å². The normalized spacial score (nSPS) is 22.7. The maximum absolute atomic E-state index is 11.9. The highest BCUT2D eigenvalue weighted by molar-refractivity contribution is 7.81. The van der Waals surface area contributed by atoms with Crippen LogP contribution in [0.2, 0.25) is 0 Å². The minimum Gasteiger partial charge on any atom is -0.478 e. The van der Waals surface area contributed by atoms with Gasteiger partial charge in [0.15, 0.2) is 0 Å². The molecule has 1 saturated heterocycles. The van der Waals surface area contributed by atoms with Crippen molar-refractivity contribution in [1.29, 1.82) is 0 Å². The van der Waals surface area contributed by atoms with Gasteiger partial charge in [-0.1, -0.05) is 6.07 Å². The van der Waals surface area contributed by atoms with Crippen LogP contribution in [0.15, 0.2) is 24.3 Å². The van der Waals surface area contributed by atoms with E-state index in [9.17, 15) is 9.59 Å². The summed E-state index contributed by atoms with van der Waals surface area (Å²) in [7, 11) is 0. The van der Waals surface area contributed by atoms with Crippen LogP contribution in [0.5, 0.6) is 0 Å². The molecule has 1 aliphatic rings. The average Bonchev–Trinajstić information content (AvgIpc) is 2.76. The number of aromatic carboxylic acids is 1. The van der Waals surface area contributed by atoms with Crippen LogP contribution < -0.4 is 10.6 Å². The number of rotatable bonds is 3. The molecule has 1 amide bonds. The molecule has 2 rings (SSSR count). The summed E-state index contributed by atoms with van der Waals surface area (Å²) in [6.07, 6.45) is 0.674. The number of thiol groups is 1. The van der Waals surface area contributed by atoms with Crippen molar-refractivity contribution in [2.24, 2.45) is 0 Å². The minimum absolute atomic E-state index is 0.152. The third-order valence-electron chi connectivity index (χ3n) is 2.80. The molecule has 0 saturated carbocycles. The smallest absolute Gasteiger partial charge is 0.335 e. The van der Waals surface area contributed by atoms with Gasteiger partial charge in [0.05, 0.1) is 11.6 Å². The molecule has 0 radical (unpaired) electrons. The topological polar surface area (TPSA) is 78.4 Å². The third-order valence-corrected chi connectivity index (χ3v) is 3.19. The molecule has 0 aliphatic carbocycles. The highest BCUT2D eigenvalue weighted by atomic mass is 32.1. The predicted molar refractivity (Wildman–Crippen MR) is 71.2 cm³/mol. The van der Waals surface area contributed by atoms with Gasteiger partial charge in [0.2, 0.25) is 5.91 Å². The lowest BCUT2D eigenvalue weighted by Crippen LogP contribution is -2.35. The Kier molecular flexibility index (Phi) is 3.88. The fourth-order valence-corrected chi connectivity index (χ4v) is 2.19. The molecule has 0 spiro atoms. The molecule has 3 N–H and O–H groups in total. The first-order valence-electron chi connectivity index (χ1n) is 5.62. The molecule has 0 unspecified atom stereocenters. The van der Waals surface area contributed by atoms with E-state index in [2.05, 4.69) is 23.3 Å². The van der Waals surface area contributed by atoms with Gasteiger partial charge in [0.1, 0.15) is 0 Å². The Labute approximate surface area is 110 Å². The summed E-state index contributed by atoms with van der Waals surface area (Å²) in [5.41, 5.74) is 0.642. The second-order valence-corrected chi connectivity index (χ2v) is 4.96. The zero-order valence-electron chi connectivity index (χ0n) is 9.59. The van der Waals surface area contributed by atoms with E-state index in [0.717, 1.165) is 0 Å². The van der Waals surface area contributed by atoms with Crippen LogP contribution in [-0.4, -0.2) is 34.8 Å². The molecule has 96 valence electrons.